The van der Waals surface area contributed by atoms with Crippen molar-refractivity contribution < 1.29 is 4.79 Å². The summed E-state index contributed by atoms with van der Waals surface area (Å²) in [5.41, 5.74) is 3.55. The predicted octanol–water partition coefficient (Wildman–Crippen LogP) is 5.62. The molecule has 0 radical (unpaired) electrons. The highest BCUT2D eigenvalue weighted by molar-refractivity contribution is 6.34. The highest BCUT2D eigenvalue weighted by atomic mass is 35.5. The summed E-state index contributed by atoms with van der Waals surface area (Å²) < 4.78 is 0. The number of nitrogens with one attached hydrogen (secondary N) is 1. The SMILES string of the molecule is Cc1ccc(C(=O)Nc2ccc(Cl)c(-c3ccccn3)c2)c(Cl)c1. The third-order valence-corrected chi connectivity index (χ3v) is 4.18. The maximum absolute atomic E-state index is 12.4. The number of aryl methyl sites for hydroxylation is 1. The van der Waals surface area contributed by atoms with Gasteiger partial charge in [0.1, 0.15) is 0 Å². The molecule has 0 aliphatic carbocycles. The van der Waals surface area contributed by atoms with E-state index in [9.17, 15) is 4.79 Å². The first-order valence-corrected chi connectivity index (χ1v) is 8.08. The Labute approximate surface area is 150 Å². The second kappa shape index (κ2) is 7.04. The Balaban J connectivity index is 1.89. The molecule has 1 aromatic heterocycles. The van der Waals surface area contributed by atoms with Crippen LogP contribution in [0.15, 0.2) is 60.8 Å². The van der Waals surface area contributed by atoms with Gasteiger partial charge in [0.05, 0.1) is 21.3 Å². The van der Waals surface area contributed by atoms with Crippen LogP contribution in [0.25, 0.3) is 11.3 Å². The second-order valence-electron chi connectivity index (χ2n) is 5.35. The molecule has 2 aromatic carbocycles. The molecular formula is C19H14Cl2N2O. The summed E-state index contributed by atoms with van der Waals surface area (Å²) in [6.45, 7) is 1.92. The van der Waals surface area contributed by atoms with Gasteiger partial charge in [0.2, 0.25) is 0 Å². The summed E-state index contributed by atoms with van der Waals surface area (Å²) >= 11 is 12.4. The van der Waals surface area contributed by atoms with Gasteiger partial charge in [-0.05, 0) is 55.0 Å². The lowest BCUT2D eigenvalue weighted by atomic mass is 10.1. The van der Waals surface area contributed by atoms with E-state index in [1.54, 1.807) is 36.5 Å². The van der Waals surface area contributed by atoms with Gasteiger partial charge in [0, 0.05) is 17.4 Å². The Morgan fingerprint density at radius 1 is 1.00 bits per heavy atom. The third-order valence-electron chi connectivity index (χ3n) is 3.53. The number of aromatic nitrogens is 1. The van der Waals surface area contributed by atoms with Gasteiger partial charge in [-0.3, -0.25) is 9.78 Å². The van der Waals surface area contributed by atoms with E-state index in [4.69, 9.17) is 23.2 Å². The van der Waals surface area contributed by atoms with E-state index >= 15 is 0 Å². The third kappa shape index (κ3) is 3.58. The largest absolute Gasteiger partial charge is 0.322 e. The molecule has 3 nitrogen and oxygen atoms in total. The molecule has 0 aliphatic rings. The number of rotatable bonds is 3. The van der Waals surface area contributed by atoms with E-state index in [-0.39, 0.29) is 5.91 Å². The van der Waals surface area contributed by atoms with Gasteiger partial charge in [-0.25, -0.2) is 0 Å². The van der Waals surface area contributed by atoms with Gasteiger partial charge in [0.15, 0.2) is 0 Å². The van der Waals surface area contributed by atoms with Gasteiger partial charge in [-0.1, -0.05) is 35.3 Å². The topological polar surface area (TPSA) is 42.0 Å². The first-order chi connectivity index (χ1) is 11.5. The van der Waals surface area contributed by atoms with Crippen molar-refractivity contribution in [2.24, 2.45) is 0 Å². The van der Waals surface area contributed by atoms with E-state index < -0.39 is 0 Å². The lowest BCUT2D eigenvalue weighted by Gasteiger charge is -2.10. The van der Waals surface area contributed by atoms with Crippen molar-refractivity contribution in [1.29, 1.82) is 0 Å². The second-order valence-corrected chi connectivity index (χ2v) is 6.16. The van der Waals surface area contributed by atoms with Crippen molar-refractivity contribution in [1.82, 2.24) is 4.98 Å². The van der Waals surface area contributed by atoms with Crippen LogP contribution in [0.5, 0.6) is 0 Å². The van der Waals surface area contributed by atoms with Crippen molar-refractivity contribution >= 4 is 34.8 Å². The maximum Gasteiger partial charge on any atom is 0.257 e. The Morgan fingerprint density at radius 2 is 1.83 bits per heavy atom. The molecule has 5 heteroatoms. The number of anilines is 1. The molecule has 0 unspecified atom stereocenters. The Kier molecular flexibility index (Phi) is 4.84. The van der Waals surface area contributed by atoms with Gasteiger partial charge in [0.25, 0.3) is 5.91 Å². The molecule has 0 aliphatic heterocycles. The lowest BCUT2D eigenvalue weighted by molar-refractivity contribution is 0.102. The van der Waals surface area contributed by atoms with Gasteiger partial charge in [-0.2, -0.15) is 0 Å². The van der Waals surface area contributed by atoms with Gasteiger partial charge in [-0.15, -0.1) is 0 Å². The number of hydrogen-bond donors (Lipinski definition) is 1. The standard InChI is InChI=1S/C19H14Cl2N2O/c1-12-5-7-14(17(21)10-12)19(24)23-13-6-8-16(20)15(11-13)18-4-2-3-9-22-18/h2-11H,1H3,(H,23,24). The molecule has 1 heterocycles. The zero-order valence-corrected chi connectivity index (χ0v) is 14.4. The van der Waals surface area contributed by atoms with Gasteiger partial charge >= 0.3 is 0 Å². The van der Waals surface area contributed by atoms with Crippen LogP contribution in [-0.2, 0) is 0 Å². The summed E-state index contributed by atoms with van der Waals surface area (Å²) in [6.07, 6.45) is 1.70. The van der Waals surface area contributed by atoms with E-state index in [0.717, 1.165) is 16.8 Å². The Morgan fingerprint density at radius 3 is 2.54 bits per heavy atom. The molecule has 0 bridgehead atoms. The molecule has 0 saturated heterocycles. The first-order valence-electron chi connectivity index (χ1n) is 7.33. The normalized spacial score (nSPS) is 10.5. The van der Waals surface area contributed by atoms with Crippen molar-refractivity contribution in [3.05, 3.63) is 82.0 Å². The zero-order valence-electron chi connectivity index (χ0n) is 12.9. The van der Waals surface area contributed by atoms with Crippen LogP contribution in [0, 0.1) is 6.92 Å². The maximum atomic E-state index is 12.4. The molecule has 1 amide bonds. The van der Waals surface area contributed by atoms with E-state index in [1.165, 1.54) is 0 Å². The minimum atomic E-state index is -0.269. The van der Waals surface area contributed by atoms with E-state index in [2.05, 4.69) is 10.3 Å². The number of carbonyl (C=O) groups is 1. The zero-order chi connectivity index (χ0) is 17.1. The van der Waals surface area contributed by atoms with Crippen LogP contribution in [0.2, 0.25) is 10.0 Å². The quantitative estimate of drug-likeness (QED) is 0.661. The van der Waals surface area contributed by atoms with Crippen molar-refractivity contribution in [3.63, 3.8) is 0 Å². The fraction of sp³-hybridized carbons (Fsp3) is 0.0526. The lowest BCUT2D eigenvalue weighted by Crippen LogP contribution is -2.12. The minimum absolute atomic E-state index is 0.269. The van der Waals surface area contributed by atoms with Crippen LogP contribution in [-0.4, -0.2) is 10.9 Å². The number of pyridine rings is 1. The number of amides is 1. The average Bonchev–Trinajstić information content (AvgIpc) is 2.57. The summed E-state index contributed by atoms with van der Waals surface area (Å²) in [7, 11) is 0. The molecular weight excluding hydrogens is 343 g/mol. The number of benzene rings is 2. The fourth-order valence-corrected chi connectivity index (χ4v) is 2.86. The highest BCUT2D eigenvalue weighted by Gasteiger charge is 2.12. The molecule has 120 valence electrons. The van der Waals surface area contributed by atoms with E-state index in [1.807, 2.05) is 31.2 Å². The fourth-order valence-electron chi connectivity index (χ4n) is 2.32. The van der Waals surface area contributed by atoms with Crippen LogP contribution in [0.3, 0.4) is 0 Å². The van der Waals surface area contributed by atoms with Crippen LogP contribution < -0.4 is 5.32 Å². The summed E-state index contributed by atoms with van der Waals surface area (Å²) in [6, 6.07) is 16.2. The Bertz CT molecular complexity index is 895. The highest BCUT2D eigenvalue weighted by Crippen LogP contribution is 2.29. The van der Waals surface area contributed by atoms with Crippen LogP contribution in [0.1, 0.15) is 15.9 Å². The number of carbonyl (C=O) groups excluding carboxylic acids is 1. The average molecular weight is 357 g/mol. The monoisotopic (exact) mass is 356 g/mol. The summed E-state index contributed by atoms with van der Waals surface area (Å²) in [5, 5.41) is 3.84. The molecule has 24 heavy (non-hydrogen) atoms. The summed E-state index contributed by atoms with van der Waals surface area (Å²) in [4.78, 5) is 16.7. The summed E-state index contributed by atoms with van der Waals surface area (Å²) in [5.74, 6) is -0.269. The number of hydrogen-bond acceptors (Lipinski definition) is 2. The minimum Gasteiger partial charge on any atom is -0.322 e. The van der Waals surface area contributed by atoms with Gasteiger partial charge < -0.3 is 5.32 Å². The molecule has 0 saturated carbocycles. The predicted molar refractivity (Wildman–Crippen MR) is 98.8 cm³/mol. The molecule has 3 rings (SSSR count). The van der Waals surface area contributed by atoms with Crippen LogP contribution >= 0.6 is 23.2 Å². The number of halogens is 2. The van der Waals surface area contributed by atoms with Crippen molar-refractivity contribution in [3.8, 4) is 11.3 Å². The molecule has 0 spiro atoms. The van der Waals surface area contributed by atoms with Crippen molar-refractivity contribution in [2.75, 3.05) is 5.32 Å². The van der Waals surface area contributed by atoms with E-state index in [0.29, 0.717) is 21.3 Å². The molecule has 0 atom stereocenters. The number of nitrogens with zero attached hydrogens (tertiary/aromatic N) is 1. The van der Waals surface area contributed by atoms with Crippen molar-refractivity contribution in [2.45, 2.75) is 6.92 Å². The smallest absolute Gasteiger partial charge is 0.257 e. The molecule has 1 N–H and O–H groups in total. The molecule has 0 fully saturated rings. The first kappa shape index (κ1) is 16.5. The van der Waals surface area contributed by atoms with Crippen LogP contribution in [0.4, 0.5) is 5.69 Å². The Hall–Kier alpha value is -2.36. The molecule has 3 aromatic rings.